The van der Waals surface area contributed by atoms with Crippen molar-refractivity contribution in [3.8, 4) is 22.6 Å². The lowest BCUT2D eigenvalue weighted by Gasteiger charge is -2.34. The second kappa shape index (κ2) is 12.5. The summed E-state index contributed by atoms with van der Waals surface area (Å²) in [5.74, 6) is -2.79. The molecule has 0 bridgehead atoms. The van der Waals surface area contributed by atoms with Gasteiger partial charge in [-0.1, -0.05) is 30.3 Å². The molecule has 0 aliphatic heterocycles. The van der Waals surface area contributed by atoms with Crippen LogP contribution in [0.3, 0.4) is 0 Å². The molecule has 3 aromatic rings. The third kappa shape index (κ3) is 6.19. The van der Waals surface area contributed by atoms with E-state index in [4.69, 9.17) is 9.47 Å². The van der Waals surface area contributed by atoms with Gasteiger partial charge in [0.1, 0.15) is 5.75 Å². The summed E-state index contributed by atoms with van der Waals surface area (Å²) >= 11 is 0. The zero-order valence-electron chi connectivity index (χ0n) is 23.3. The van der Waals surface area contributed by atoms with Crippen LogP contribution in [0.15, 0.2) is 54.6 Å². The van der Waals surface area contributed by atoms with Gasteiger partial charge in [0.05, 0.1) is 12.5 Å². The summed E-state index contributed by atoms with van der Waals surface area (Å²) in [7, 11) is 0. The molecule has 0 radical (unpaired) electrons. The van der Waals surface area contributed by atoms with Gasteiger partial charge >= 0.3 is 5.97 Å². The summed E-state index contributed by atoms with van der Waals surface area (Å²) in [5.41, 5.74) is 2.04. The Labute approximate surface area is 238 Å². The van der Waals surface area contributed by atoms with Gasteiger partial charge in [-0.25, -0.2) is 13.2 Å². The molecule has 0 aromatic heterocycles. The Bertz CT molecular complexity index is 1440. The molecule has 0 saturated heterocycles. The molecule has 2 aliphatic rings. The number of halogens is 4. The van der Waals surface area contributed by atoms with E-state index in [-0.39, 0.29) is 35.4 Å². The largest absolute Gasteiger partial charge is 0.491 e. The highest BCUT2D eigenvalue weighted by atomic mass is 19.2. The van der Waals surface area contributed by atoms with Crippen LogP contribution in [0.2, 0.25) is 0 Å². The summed E-state index contributed by atoms with van der Waals surface area (Å²) in [6, 6.07) is 12.6. The Balaban J connectivity index is 1.13. The van der Waals surface area contributed by atoms with Crippen molar-refractivity contribution in [2.45, 2.75) is 58.8 Å². The quantitative estimate of drug-likeness (QED) is 0.162. The molecule has 0 amide bonds. The summed E-state index contributed by atoms with van der Waals surface area (Å²) in [5, 5.41) is 0. The number of esters is 1. The van der Waals surface area contributed by atoms with Crippen LogP contribution in [0.4, 0.5) is 17.6 Å². The Morgan fingerprint density at radius 2 is 1.46 bits per heavy atom. The molecule has 1 unspecified atom stereocenters. The van der Waals surface area contributed by atoms with Gasteiger partial charge in [-0.2, -0.15) is 4.39 Å². The van der Waals surface area contributed by atoms with Crippen molar-refractivity contribution >= 4 is 11.5 Å². The van der Waals surface area contributed by atoms with Crippen LogP contribution in [0, 0.1) is 47.9 Å². The number of rotatable bonds is 7. The first-order valence-corrected chi connectivity index (χ1v) is 14.3. The van der Waals surface area contributed by atoms with Gasteiger partial charge in [0.15, 0.2) is 23.2 Å². The monoisotopic (exact) mass is 566 g/mol. The van der Waals surface area contributed by atoms with E-state index >= 15 is 0 Å². The Morgan fingerprint density at radius 1 is 0.780 bits per heavy atom. The van der Waals surface area contributed by atoms with Crippen molar-refractivity contribution in [1.82, 2.24) is 0 Å². The summed E-state index contributed by atoms with van der Waals surface area (Å²) in [4.78, 5) is 12.8. The smallest absolute Gasteiger partial charge is 0.314 e. The first kappa shape index (κ1) is 28.9. The minimum atomic E-state index is -0.941. The van der Waals surface area contributed by atoms with Crippen LogP contribution in [0.1, 0.15) is 63.0 Å². The number of allylic oxidation sites excluding steroid dienone is 2. The zero-order valence-corrected chi connectivity index (χ0v) is 23.3. The first-order chi connectivity index (χ1) is 19.8. The SMILES string of the molecule is CCOc1ccc(C2=CCC(C3CCC(C(=O)Oc4ccc(-c5ccc(C)c(F)c5F)cc4)CC3)CC2)c(F)c1F. The zero-order chi connectivity index (χ0) is 29.1. The Morgan fingerprint density at radius 3 is 2.12 bits per heavy atom. The highest BCUT2D eigenvalue weighted by Crippen LogP contribution is 2.42. The molecule has 2 aliphatic carbocycles. The molecule has 0 spiro atoms. The maximum Gasteiger partial charge on any atom is 0.314 e. The Hall–Kier alpha value is -3.61. The van der Waals surface area contributed by atoms with Crippen molar-refractivity contribution in [2.75, 3.05) is 6.61 Å². The summed E-state index contributed by atoms with van der Waals surface area (Å²) in [6.07, 6.45) is 7.73. The molecule has 0 heterocycles. The van der Waals surface area contributed by atoms with Gasteiger partial charge in [0.2, 0.25) is 5.82 Å². The average molecular weight is 567 g/mol. The molecular formula is C34H34F4O3. The number of ether oxygens (including phenoxy) is 2. The van der Waals surface area contributed by atoms with E-state index < -0.39 is 23.3 Å². The van der Waals surface area contributed by atoms with E-state index in [0.29, 0.717) is 35.1 Å². The fraction of sp³-hybridized carbons (Fsp3) is 0.382. The number of benzene rings is 3. The second-order valence-electron chi connectivity index (χ2n) is 11.1. The van der Waals surface area contributed by atoms with Crippen molar-refractivity contribution in [3.05, 3.63) is 89.0 Å². The van der Waals surface area contributed by atoms with Crippen molar-refractivity contribution in [1.29, 1.82) is 0 Å². The van der Waals surface area contributed by atoms with Gasteiger partial charge in [-0.05, 0) is 112 Å². The Kier molecular flexibility index (Phi) is 8.81. The minimum Gasteiger partial charge on any atom is -0.491 e. The summed E-state index contributed by atoms with van der Waals surface area (Å²) < 4.78 is 68.1. The fourth-order valence-corrected chi connectivity index (χ4v) is 6.17. The average Bonchev–Trinajstić information content (AvgIpc) is 2.99. The van der Waals surface area contributed by atoms with Crippen molar-refractivity contribution in [3.63, 3.8) is 0 Å². The van der Waals surface area contributed by atoms with E-state index in [0.717, 1.165) is 44.1 Å². The molecule has 1 fully saturated rings. The third-order valence-electron chi connectivity index (χ3n) is 8.58. The molecule has 3 aromatic carbocycles. The third-order valence-corrected chi connectivity index (χ3v) is 8.58. The van der Waals surface area contributed by atoms with Gasteiger partial charge in [-0.15, -0.1) is 0 Å². The van der Waals surface area contributed by atoms with Gasteiger partial charge in [0, 0.05) is 11.1 Å². The lowest BCUT2D eigenvalue weighted by Crippen LogP contribution is -2.29. The number of hydrogen-bond acceptors (Lipinski definition) is 3. The standard InChI is InChI=1S/C34H34F4O3/c1-3-40-29-19-18-28(32(37)33(29)38)23-9-5-21(6-10-23)22-7-11-25(12-8-22)34(39)41-26-15-13-24(14-16-26)27-17-4-20(2)30(35)31(27)36/h4,9,13-19,21-22,25H,3,5-8,10-12H2,1-2H3. The molecule has 1 saturated carbocycles. The molecule has 3 nitrogen and oxygen atoms in total. The van der Waals surface area contributed by atoms with E-state index in [2.05, 4.69) is 0 Å². The second-order valence-corrected chi connectivity index (χ2v) is 11.1. The predicted molar refractivity (Wildman–Crippen MR) is 150 cm³/mol. The molecule has 0 N–H and O–H groups in total. The number of hydrogen-bond donors (Lipinski definition) is 0. The van der Waals surface area contributed by atoms with Gasteiger partial charge in [0.25, 0.3) is 0 Å². The lowest BCUT2D eigenvalue weighted by atomic mass is 9.71. The van der Waals surface area contributed by atoms with Crippen molar-refractivity contribution < 1.29 is 31.8 Å². The van der Waals surface area contributed by atoms with Crippen LogP contribution in [-0.2, 0) is 4.79 Å². The van der Waals surface area contributed by atoms with Crippen LogP contribution < -0.4 is 9.47 Å². The number of carbonyl (C=O) groups excluding carboxylic acids is 1. The highest BCUT2D eigenvalue weighted by Gasteiger charge is 2.33. The lowest BCUT2D eigenvalue weighted by molar-refractivity contribution is -0.140. The normalized spacial score (nSPS) is 20.8. The molecule has 216 valence electrons. The van der Waals surface area contributed by atoms with E-state index in [1.165, 1.54) is 25.1 Å². The van der Waals surface area contributed by atoms with Crippen LogP contribution >= 0.6 is 0 Å². The molecule has 41 heavy (non-hydrogen) atoms. The topological polar surface area (TPSA) is 35.5 Å². The number of carbonyl (C=O) groups is 1. The summed E-state index contributed by atoms with van der Waals surface area (Å²) in [6.45, 7) is 3.51. The van der Waals surface area contributed by atoms with Gasteiger partial charge in [-0.3, -0.25) is 4.79 Å². The maximum atomic E-state index is 14.7. The fourth-order valence-electron chi connectivity index (χ4n) is 6.17. The van der Waals surface area contributed by atoms with E-state index in [1.807, 2.05) is 6.08 Å². The van der Waals surface area contributed by atoms with Crippen molar-refractivity contribution in [2.24, 2.45) is 17.8 Å². The van der Waals surface area contributed by atoms with Crippen LogP contribution in [0.5, 0.6) is 11.5 Å². The maximum absolute atomic E-state index is 14.7. The van der Waals surface area contributed by atoms with E-state index in [1.54, 1.807) is 37.3 Å². The minimum absolute atomic E-state index is 0.0651. The molecule has 1 atom stereocenters. The van der Waals surface area contributed by atoms with Crippen LogP contribution in [-0.4, -0.2) is 12.6 Å². The van der Waals surface area contributed by atoms with Gasteiger partial charge < -0.3 is 9.47 Å². The first-order valence-electron chi connectivity index (χ1n) is 14.3. The van der Waals surface area contributed by atoms with E-state index in [9.17, 15) is 22.4 Å². The number of aryl methyl sites for hydroxylation is 1. The molecular weight excluding hydrogens is 532 g/mol. The highest BCUT2D eigenvalue weighted by molar-refractivity contribution is 5.76. The molecule has 7 heteroatoms. The molecule has 5 rings (SSSR count). The van der Waals surface area contributed by atoms with Crippen LogP contribution in [0.25, 0.3) is 16.7 Å². The predicted octanol–water partition coefficient (Wildman–Crippen LogP) is 9.21.